The number of halogens is 3. The molecule has 156 valence electrons. The summed E-state index contributed by atoms with van der Waals surface area (Å²) in [4.78, 5) is 20.9. The second kappa shape index (κ2) is 7.43. The highest BCUT2D eigenvalue weighted by Crippen LogP contribution is 2.21. The number of nitrogens with one attached hydrogen (secondary N) is 1. The van der Waals surface area contributed by atoms with Crippen LogP contribution in [0, 0.1) is 6.92 Å². The third-order valence-corrected chi connectivity index (χ3v) is 4.91. The highest BCUT2D eigenvalue weighted by molar-refractivity contribution is 5.82. The molecular weight excluding hydrogens is 397 g/mol. The fourth-order valence-electron chi connectivity index (χ4n) is 3.33. The molecule has 0 aliphatic rings. The molecule has 3 heterocycles. The molecule has 0 fully saturated rings. The first kappa shape index (κ1) is 19.9. The normalized spacial score (nSPS) is 12.0. The fraction of sp³-hybridized carbons (Fsp3) is 0.300. The molecule has 0 atom stereocenters. The van der Waals surface area contributed by atoms with E-state index in [9.17, 15) is 18.0 Å². The minimum atomic E-state index is -4.36. The fourth-order valence-corrected chi connectivity index (χ4v) is 3.33. The molecule has 30 heavy (non-hydrogen) atoms. The molecule has 4 aromatic rings. The number of rotatable bonds is 5. The zero-order valence-corrected chi connectivity index (χ0v) is 16.4. The van der Waals surface area contributed by atoms with E-state index >= 15 is 0 Å². The zero-order chi connectivity index (χ0) is 21.5. The van der Waals surface area contributed by atoms with Crippen LogP contribution in [-0.2, 0) is 31.4 Å². The molecule has 10 heteroatoms. The number of benzene rings is 1. The van der Waals surface area contributed by atoms with Gasteiger partial charge in [0.25, 0.3) is 0 Å². The van der Waals surface area contributed by atoms with Crippen molar-refractivity contribution in [2.24, 2.45) is 7.05 Å². The summed E-state index contributed by atoms with van der Waals surface area (Å²) >= 11 is 0. The van der Waals surface area contributed by atoms with Crippen LogP contribution < -0.4 is 5.32 Å². The van der Waals surface area contributed by atoms with Gasteiger partial charge in [0.2, 0.25) is 5.91 Å². The highest BCUT2D eigenvalue weighted by atomic mass is 19.4. The van der Waals surface area contributed by atoms with E-state index in [4.69, 9.17) is 0 Å². The number of carbonyl (C=O) groups excluding carboxylic acids is 1. The van der Waals surface area contributed by atoms with Crippen LogP contribution in [0.25, 0.3) is 21.9 Å². The van der Waals surface area contributed by atoms with Gasteiger partial charge < -0.3 is 9.88 Å². The van der Waals surface area contributed by atoms with Gasteiger partial charge in [-0.1, -0.05) is 6.07 Å². The van der Waals surface area contributed by atoms with Crippen molar-refractivity contribution in [3.05, 3.63) is 53.7 Å². The van der Waals surface area contributed by atoms with Crippen molar-refractivity contribution >= 4 is 27.8 Å². The van der Waals surface area contributed by atoms with E-state index in [1.807, 2.05) is 36.7 Å². The summed E-state index contributed by atoms with van der Waals surface area (Å²) in [5.74, 6) is 0.711. The number of alkyl halides is 3. The maximum absolute atomic E-state index is 12.6. The summed E-state index contributed by atoms with van der Waals surface area (Å²) in [5, 5.41) is 7.09. The van der Waals surface area contributed by atoms with Gasteiger partial charge in [0.15, 0.2) is 0 Å². The van der Waals surface area contributed by atoms with Gasteiger partial charge in [0, 0.05) is 12.4 Å². The van der Waals surface area contributed by atoms with Crippen LogP contribution >= 0.6 is 0 Å². The van der Waals surface area contributed by atoms with Gasteiger partial charge in [-0.25, -0.2) is 4.98 Å². The average Bonchev–Trinajstić information content (AvgIpc) is 3.19. The average molecular weight is 416 g/mol. The van der Waals surface area contributed by atoms with Gasteiger partial charge in [-0.3, -0.25) is 14.5 Å². The number of amides is 1. The van der Waals surface area contributed by atoms with Gasteiger partial charge in [-0.2, -0.15) is 18.3 Å². The predicted molar refractivity (Wildman–Crippen MR) is 105 cm³/mol. The molecule has 3 aromatic heterocycles. The van der Waals surface area contributed by atoms with Crippen molar-refractivity contribution in [3.8, 4) is 0 Å². The van der Waals surface area contributed by atoms with Gasteiger partial charge in [0.05, 0.1) is 47.6 Å². The SMILES string of the molecule is Cc1nc2cc(CC(=O)NCc3cc4cnn(CC(F)(F)F)c4cn3)ccc2n1C. The third kappa shape index (κ3) is 4.12. The topological polar surface area (TPSA) is 77.6 Å². The predicted octanol–water partition coefficient (Wildman–Crippen LogP) is 3.05. The molecule has 0 unspecified atom stereocenters. The first-order valence-electron chi connectivity index (χ1n) is 9.25. The number of pyridine rings is 1. The van der Waals surface area contributed by atoms with Crippen LogP contribution in [0.3, 0.4) is 0 Å². The molecule has 7 nitrogen and oxygen atoms in total. The Morgan fingerprint density at radius 3 is 2.73 bits per heavy atom. The number of fused-ring (bicyclic) bond motifs is 2. The van der Waals surface area contributed by atoms with Crippen molar-refractivity contribution in [2.75, 3.05) is 0 Å². The largest absolute Gasteiger partial charge is 0.408 e. The van der Waals surface area contributed by atoms with Crippen molar-refractivity contribution in [1.82, 2.24) is 29.6 Å². The molecule has 1 amide bonds. The van der Waals surface area contributed by atoms with Crippen molar-refractivity contribution < 1.29 is 18.0 Å². The summed E-state index contributed by atoms with van der Waals surface area (Å²) in [5.41, 5.74) is 3.51. The Kier molecular flexibility index (Phi) is 4.92. The Morgan fingerprint density at radius 2 is 1.97 bits per heavy atom. The Hall–Kier alpha value is -3.43. The Balaban J connectivity index is 1.40. The van der Waals surface area contributed by atoms with E-state index in [1.54, 1.807) is 6.07 Å². The number of nitrogens with zero attached hydrogens (tertiary/aromatic N) is 5. The number of carbonyl (C=O) groups is 1. The first-order chi connectivity index (χ1) is 14.2. The van der Waals surface area contributed by atoms with Crippen LogP contribution in [-0.4, -0.2) is 36.4 Å². The van der Waals surface area contributed by atoms with Crippen LogP contribution in [0.5, 0.6) is 0 Å². The molecule has 0 radical (unpaired) electrons. The number of aryl methyl sites for hydroxylation is 2. The van der Waals surface area contributed by atoms with Crippen LogP contribution in [0.2, 0.25) is 0 Å². The number of imidazole rings is 1. The first-order valence-corrected chi connectivity index (χ1v) is 9.25. The molecule has 1 N–H and O–H groups in total. The van der Waals surface area contributed by atoms with Crippen molar-refractivity contribution in [3.63, 3.8) is 0 Å². The van der Waals surface area contributed by atoms with Gasteiger partial charge in [0.1, 0.15) is 12.4 Å². The van der Waals surface area contributed by atoms with Crippen molar-refractivity contribution in [1.29, 1.82) is 0 Å². The molecule has 0 spiro atoms. The van der Waals surface area contributed by atoms with Crippen LogP contribution in [0.15, 0.2) is 36.7 Å². The Morgan fingerprint density at radius 1 is 1.17 bits per heavy atom. The Bertz CT molecular complexity index is 1240. The summed E-state index contributed by atoms with van der Waals surface area (Å²) in [6, 6.07) is 7.34. The molecule has 0 aliphatic carbocycles. The smallest absolute Gasteiger partial charge is 0.350 e. The summed E-state index contributed by atoms with van der Waals surface area (Å²) in [7, 11) is 1.94. The lowest BCUT2D eigenvalue weighted by Gasteiger charge is -2.08. The highest BCUT2D eigenvalue weighted by Gasteiger charge is 2.29. The van der Waals surface area contributed by atoms with Gasteiger partial charge in [-0.05, 0) is 30.7 Å². The minimum absolute atomic E-state index is 0.171. The maximum atomic E-state index is 12.6. The van der Waals surface area contributed by atoms with Gasteiger partial charge in [-0.15, -0.1) is 0 Å². The van der Waals surface area contributed by atoms with Gasteiger partial charge >= 0.3 is 6.18 Å². The van der Waals surface area contributed by atoms with E-state index in [-0.39, 0.29) is 18.9 Å². The van der Waals surface area contributed by atoms with Crippen LogP contribution in [0.1, 0.15) is 17.1 Å². The molecule has 0 saturated carbocycles. The second-order valence-electron chi connectivity index (χ2n) is 7.15. The quantitative estimate of drug-likeness (QED) is 0.543. The Labute approximate surface area is 169 Å². The third-order valence-electron chi connectivity index (χ3n) is 4.91. The number of hydrogen-bond acceptors (Lipinski definition) is 4. The van der Waals surface area contributed by atoms with Crippen LogP contribution in [0.4, 0.5) is 13.2 Å². The summed E-state index contributed by atoms with van der Waals surface area (Å²) < 4.78 is 40.6. The van der Waals surface area contributed by atoms with E-state index < -0.39 is 12.7 Å². The monoisotopic (exact) mass is 416 g/mol. The van der Waals surface area contributed by atoms with E-state index in [1.165, 1.54) is 12.4 Å². The number of hydrogen-bond donors (Lipinski definition) is 1. The second-order valence-corrected chi connectivity index (χ2v) is 7.15. The minimum Gasteiger partial charge on any atom is -0.350 e. The molecule has 4 rings (SSSR count). The lowest BCUT2D eigenvalue weighted by molar-refractivity contribution is -0.141. The van der Waals surface area contributed by atoms with E-state index in [2.05, 4.69) is 20.4 Å². The molecule has 1 aromatic carbocycles. The summed E-state index contributed by atoms with van der Waals surface area (Å²) in [6.45, 7) is 0.918. The zero-order valence-electron chi connectivity index (χ0n) is 16.4. The summed E-state index contributed by atoms with van der Waals surface area (Å²) in [6.07, 6.45) is -1.47. The maximum Gasteiger partial charge on any atom is 0.408 e. The molecule has 0 bridgehead atoms. The van der Waals surface area contributed by atoms with Crippen molar-refractivity contribution in [2.45, 2.75) is 32.6 Å². The number of aromatic nitrogens is 5. The lowest BCUT2D eigenvalue weighted by atomic mass is 10.1. The van der Waals surface area contributed by atoms with E-state index in [0.29, 0.717) is 16.6 Å². The molecular formula is C20H19F3N6O. The lowest BCUT2D eigenvalue weighted by Crippen LogP contribution is -2.25. The standard InChI is InChI=1S/C20H19F3N6O/c1-12-27-16-5-13(3-4-17(16)28(12)2)6-19(30)25-9-15-7-14-8-26-29(11-20(21,22)23)18(14)10-24-15/h3-5,7-8,10H,6,9,11H2,1-2H3,(H,25,30). The molecule has 0 saturated heterocycles. The van der Waals surface area contributed by atoms with E-state index in [0.717, 1.165) is 27.1 Å². The molecule has 0 aliphatic heterocycles.